The third-order valence-electron chi connectivity index (χ3n) is 0.952. The van der Waals surface area contributed by atoms with Crippen molar-refractivity contribution in [2.75, 3.05) is 0 Å². The van der Waals surface area contributed by atoms with Crippen LogP contribution in [0.2, 0.25) is 0 Å². The van der Waals surface area contributed by atoms with Crippen molar-refractivity contribution >= 4 is 6.21 Å². The first-order valence-corrected chi connectivity index (χ1v) is 4.00. The van der Waals surface area contributed by atoms with E-state index >= 15 is 0 Å². The summed E-state index contributed by atoms with van der Waals surface area (Å²) in [6, 6.07) is 0. The van der Waals surface area contributed by atoms with Crippen LogP contribution in [0.25, 0.3) is 0 Å². The van der Waals surface area contributed by atoms with Crippen molar-refractivity contribution in [3.8, 4) is 0 Å². The van der Waals surface area contributed by atoms with Gasteiger partial charge in [0.1, 0.15) is 0 Å². The van der Waals surface area contributed by atoms with E-state index in [0.717, 1.165) is 6.42 Å². The summed E-state index contributed by atoms with van der Waals surface area (Å²) in [5.41, 5.74) is 0. The summed E-state index contributed by atoms with van der Waals surface area (Å²) in [5, 5.41) is 36.2. The van der Waals surface area contributed by atoms with Crippen molar-refractivity contribution in [2.24, 2.45) is 0 Å². The van der Waals surface area contributed by atoms with Gasteiger partial charge in [-0.2, -0.15) is 0 Å². The Morgan fingerprint density at radius 3 is 1.56 bits per heavy atom. The van der Waals surface area contributed by atoms with E-state index < -0.39 is 10.2 Å². The Balaban J connectivity index is -0.0000000700. The molecule has 0 unspecified atom stereocenters. The summed E-state index contributed by atoms with van der Waals surface area (Å²) in [7, 11) is 0. The molecule has 0 spiro atoms. The van der Waals surface area contributed by atoms with Gasteiger partial charge in [0.05, 0.1) is 10.2 Å². The molecule has 0 amide bonds. The molecule has 0 saturated heterocycles. The first-order valence-electron chi connectivity index (χ1n) is 4.00. The molecule has 1 radical (unpaired) electrons. The van der Waals surface area contributed by atoms with Crippen LogP contribution in [0.5, 0.6) is 0 Å². The summed E-state index contributed by atoms with van der Waals surface area (Å²) in [6.07, 6.45) is 6.17. The minimum absolute atomic E-state index is 0. The molecule has 9 nitrogen and oxygen atoms in total. The predicted octanol–water partition coefficient (Wildman–Crippen LogP) is 1.74. The molecule has 0 aromatic heterocycles. The van der Waals surface area contributed by atoms with Crippen LogP contribution in [0.3, 0.4) is 0 Å². The average molecular weight is 282 g/mol. The van der Waals surface area contributed by atoms with Crippen molar-refractivity contribution in [3.05, 3.63) is 30.6 Å². The van der Waals surface area contributed by atoms with Crippen LogP contribution in [0.15, 0.2) is 0 Å². The molecule has 0 aliphatic rings. The normalized spacial score (nSPS) is 6.81. The van der Waals surface area contributed by atoms with Gasteiger partial charge in [-0.3, -0.25) is 0 Å². The van der Waals surface area contributed by atoms with Gasteiger partial charge in [-0.05, 0) is 19.1 Å². The van der Waals surface area contributed by atoms with Gasteiger partial charge in [0.15, 0.2) is 0 Å². The van der Waals surface area contributed by atoms with E-state index in [1.165, 1.54) is 25.5 Å². The monoisotopic (exact) mass is 282 g/mol. The van der Waals surface area contributed by atoms with Crippen LogP contribution in [0.4, 0.5) is 0 Å². The van der Waals surface area contributed by atoms with Crippen molar-refractivity contribution in [2.45, 2.75) is 32.6 Å². The smallest absolute Gasteiger partial charge is 0.356 e. The number of nitrogens with zero attached hydrogens (tertiary/aromatic N) is 2. The van der Waals surface area contributed by atoms with Crippen LogP contribution >= 0.6 is 0 Å². The van der Waals surface area contributed by atoms with Crippen LogP contribution in [0.1, 0.15) is 32.6 Å². The van der Waals surface area contributed by atoms with Crippen molar-refractivity contribution in [1.82, 2.24) is 0 Å². The summed E-state index contributed by atoms with van der Waals surface area (Å²) < 4.78 is 0. The fourth-order valence-corrected chi connectivity index (χ4v) is 0.496. The zero-order valence-electron chi connectivity index (χ0n) is 8.58. The van der Waals surface area contributed by atoms with Gasteiger partial charge < -0.3 is 36.1 Å². The number of hydrogen-bond donors (Lipinski definition) is 1. The SMILES string of the molecule is CCCCCC=N.O=[N+]([O-])[O-].O=[N+]([O-])[O-].[Co+2]. The zero-order valence-corrected chi connectivity index (χ0v) is 9.62. The first kappa shape index (κ1) is 24.0. The van der Waals surface area contributed by atoms with Crippen molar-refractivity contribution in [1.29, 1.82) is 5.41 Å². The average Bonchev–Trinajstić information content (AvgIpc) is 2.03. The second kappa shape index (κ2) is 23.4. The summed E-state index contributed by atoms with van der Waals surface area (Å²) in [5.74, 6) is 0. The fraction of sp³-hybridized carbons (Fsp3) is 0.833. The molecule has 1 N–H and O–H groups in total. The third-order valence-corrected chi connectivity index (χ3v) is 0.952. The quantitative estimate of drug-likeness (QED) is 0.358. The molecule has 16 heavy (non-hydrogen) atoms. The zero-order chi connectivity index (χ0) is 12.7. The van der Waals surface area contributed by atoms with Crippen molar-refractivity contribution in [3.63, 3.8) is 0 Å². The Hall–Kier alpha value is -1.42. The van der Waals surface area contributed by atoms with Crippen LogP contribution in [-0.4, -0.2) is 16.4 Å². The molecule has 0 saturated carbocycles. The molecule has 0 heterocycles. The Morgan fingerprint density at radius 1 is 1.06 bits per heavy atom. The van der Waals surface area contributed by atoms with Gasteiger partial charge in [0.2, 0.25) is 0 Å². The molecule has 0 fully saturated rings. The Labute approximate surface area is 102 Å². The Morgan fingerprint density at radius 2 is 1.38 bits per heavy atom. The van der Waals surface area contributed by atoms with Gasteiger partial charge in [-0.25, -0.2) is 0 Å². The third kappa shape index (κ3) is 254. The Kier molecular flexibility index (Phi) is 35.1. The Bertz CT molecular complexity index is 160. The maximum Gasteiger partial charge on any atom is 2.00 e. The maximum atomic E-state index is 8.25. The van der Waals surface area contributed by atoms with Gasteiger partial charge in [-0.1, -0.05) is 19.8 Å². The van der Waals surface area contributed by atoms with E-state index in [2.05, 4.69) is 6.92 Å². The van der Waals surface area contributed by atoms with E-state index in [4.69, 9.17) is 36.1 Å². The molecule has 0 aromatic rings. The standard InChI is InChI=1S/C6H13N.Co.2NO3/c1-2-3-4-5-6-7;;2*2-1(3)4/h6-7H,2-5H2,1H3;;;/q;+2;2*-1. The molecule has 0 aliphatic heterocycles. The molecule has 0 aromatic carbocycles. The molecule has 0 atom stereocenters. The molecule has 97 valence electrons. The van der Waals surface area contributed by atoms with E-state index in [-0.39, 0.29) is 16.8 Å². The van der Waals surface area contributed by atoms with Crippen molar-refractivity contribution < 1.29 is 27.0 Å². The van der Waals surface area contributed by atoms with E-state index in [9.17, 15) is 0 Å². The fourth-order valence-electron chi connectivity index (χ4n) is 0.496. The number of nitrogens with one attached hydrogen (secondary N) is 1. The second-order valence-corrected chi connectivity index (χ2v) is 2.15. The summed E-state index contributed by atoms with van der Waals surface area (Å²) >= 11 is 0. The maximum absolute atomic E-state index is 8.25. The van der Waals surface area contributed by atoms with Crippen LogP contribution in [-0.2, 0) is 16.8 Å². The molecule has 0 aliphatic carbocycles. The largest absolute Gasteiger partial charge is 2.00 e. The summed E-state index contributed by atoms with van der Waals surface area (Å²) in [6.45, 7) is 2.17. The van der Waals surface area contributed by atoms with E-state index in [0.29, 0.717) is 0 Å². The minimum atomic E-state index is -1.75. The van der Waals surface area contributed by atoms with Gasteiger partial charge in [-0.15, -0.1) is 0 Å². The molecular weight excluding hydrogens is 269 g/mol. The topological polar surface area (TPSA) is 156 Å². The minimum Gasteiger partial charge on any atom is -0.356 e. The molecule has 0 bridgehead atoms. The molecular formula is C6H13CoN3O6. The van der Waals surface area contributed by atoms with E-state index in [1.807, 2.05) is 0 Å². The first-order chi connectivity index (χ1) is 6.88. The van der Waals surface area contributed by atoms with Gasteiger partial charge in [0, 0.05) is 0 Å². The number of rotatable bonds is 4. The summed E-state index contributed by atoms with van der Waals surface area (Å²) in [4.78, 5) is 16.5. The van der Waals surface area contributed by atoms with E-state index in [1.54, 1.807) is 0 Å². The number of unbranched alkanes of at least 4 members (excludes halogenated alkanes) is 3. The predicted molar refractivity (Wildman–Crippen MR) is 53.6 cm³/mol. The molecule has 10 heteroatoms. The molecule has 0 rings (SSSR count). The van der Waals surface area contributed by atoms with Crippen LogP contribution < -0.4 is 0 Å². The number of hydrogen-bond acceptors (Lipinski definition) is 7. The van der Waals surface area contributed by atoms with Crippen LogP contribution in [0, 0.1) is 36.1 Å². The van der Waals surface area contributed by atoms with Gasteiger partial charge in [0.25, 0.3) is 0 Å². The second-order valence-electron chi connectivity index (χ2n) is 2.15. The van der Waals surface area contributed by atoms with Gasteiger partial charge >= 0.3 is 16.8 Å².